The number of alkyl halides is 3. The van der Waals surface area contributed by atoms with Gasteiger partial charge in [0.1, 0.15) is 6.04 Å². The molecular weight excluding hydrogens is 359 g/mol. The first-order valence-corrected chi connectivity index (χ1v) is 9.20. The molecule has 8 heteroatoms. The molecule has 2 saturated heterocycles. The maximum absolute atomic E-state index is 12.7. The maximum atomic E-state index is 12.7. The SMILES string of the molecule is Cc1ccc(CN2CCN(C(=O)C3CCCN3C(=O)C(F)(F)F)CC2)cc1. The van der Waals surface area contributed by atoms with E-state index in [1.54, 1.807) is 4.90 Å². The van der Waals surface area contributed by atoms with Crippen LogP contribution in [0.3, 0.4) is 0 Å². The average molecular weight is 383 g/mol. The van der Waals surface area contributed by atoms with Crippen molar-refractivity contribution in [2.24, 2.45) is 0 Å². The van der Waals surface area contributed by atoms with Crippen molar-refractivity contribution in [2.45, 2.75) is 38.5 Å². The highest BCUT2D eigenvalue weighted by Crippen LogP contribution is 2.27. The van der Waals surface area contributed by atoms with Gasteiger partial charge in [-0.25, -0.2) is 0 Å². The van der Waals surface area contributed by atoms with Crippen LogP contribution >= 0.6 is 0 Å². The topological polar surface area (TPSA) is 43.9 Å². The Labute approximate surface area is 156 Å². The van der Waals surface area contributed by atoms with Gasteiger partial charge in [-0.15, -0.1) is 0 Å². The highest BCUT2D eigenvalue weighted by Gasteiger charge is 2.48. The van der Waals surface area contributed by atoms with Crippen LogP contribution in [0, 0.1) is 6.92 Å². The molecule has 1 unspecified atom stereocenters. The number of hydrogen-bond donors (Lipinski definition) is 0. The molecule has 0 aromatic heterocycles. The second-order valence-corrected chi connectivity index (χ2v) is 7.24. The second kappa shape index (κ2) is 7.88. The Morgan fingerprint density at radius 1 is 1.04 bits per heavy atom. The number of hydrogen-bond acceptors (Lipinski definition) is 3. The zero-order valence-electron chi connectivity index (χ0n) is 15.3. The number of rotatable bonds is 3. The molecule has 0 spiro atoms. The first kappa shape index (κ1) is 19.7. The summed E-state index contributed by atoms with van der Waals surface area (Å²) in [4.78, 5) is 28.8. The molecule has 0 saturated carbocycles. The van der Waals surface area contributed by atoms with Crippen molar-refractivity contribution < 1.29 is 22.8 Å². The molecule has 0 radical (unpaired) electrons. The zero-order valence-corrected chi connectivity index (χ0v) is 15.3. The Bertz CT molecular complexity index is 682. The van der Waals surface area contributed by atoms with E-state index in [1.165, 1.54) is 11.1 Å². The summed E-state index contributed by atoms with van der Waals surface area (Å²) in [5, 5.41) is 0. The van der Waals surface area contributed by atoms with Crippen LogP contribution in [0.5, 0.6) is 0 Å². The number of amides is 2. The van der Waals surface area contributed by atoms with E-state index in [2.05, 4.69) is 29.2 Å². The van der Waals surface area contributed by atoms with Crippen LogP contribution in [0.4, 0.5) is 13.2 Å². The van der Waals surface area contributed by atoms with Gasteiger partial charge in [-0.05, 0) is 25.3 Å². The van der Waals surface area contributed by atoms with Gasteiger partial charge in [-0.1, -0.05) is 29.8 Å². The molecule has 2 aliphatic rings. The third-order valence-corrected chi connectivity index (χ3v) is 5.25. The molecule has 1 atom stereocenters. The van der Waals surface area contributed by atoms with Crippen molar-refractivity contribution in [3.05, 3.63) is 35.4 Å². The predicted octanol–water partition coefficient (Wildman–Crippen LogP) is 2.19. The lowest BCUT2D eigenvalue weighted by atomic mass is 10.1. The number of aryl methyl sites for hydroxylation is 1. The number of carbonyl (C=O) groups is 2. The summed E-state index contributed by atoms with van der Waals surface area (Å²) in [5.41, 5.74) is 2.39. The molecule has 1 aromatic rings. The molecule has 2 amide bonds. The standard InChI is InChI=1S/C19H24F3N3O2/c1-14-4-6-15(7-5-14)13-23-9-11-24(12-10-23)17(26)16-3-2-8-25(16)18(27)19(20,21)22/h4-7,16H,2-3,8-13H2,1H3. The summed E-state index contributed by atoms with van der Waals surface area (Å²) < 4.78 is 38.2. The normalized spacial score (nSPS) is 21.6. The molecule has 0 N–H and O–H groups in total. The van der Waals surface area contributed by atoms with Crippen LogP contribution in [-0.2, 0) is 16.1 Å². The van der Waals surface area contributed by atoms with Crippen LogP contribution < -0.4 is 0 Å². The number of likely N-dealkylation sites (tertiary alicyclic amines) is 1. The summed E-state index contributed by atoms with van der Waals surface area (Å²) in [6, 6.07) is 7.28. The van der Waals surface area contributed by atoms with Gasteiger partial charge in [-0.2, -0.15) is 13.2 Å². The van der Waals surface area contributed by atoms with Gasteiger partial charge in [-0.3, -0.25) is 14.5 Å². The van der Waals surface area contributed by atoms with Crippen LogP contribution in [-0.4, -0.2) is 71.5 Å². The fourth-order valence-corrected chi connectivity index (χ4v) is 3.72. The van der Waals surface area contributed by atoms with Crippen LogP contribution in [0.1, 0.15) is 24.0 Å². The second-order valence-electron chi connectivity index (χ2n) is 7.24. The largest absolute Gasteiger partial charge is 0.471 e. The summed E-state index contributed by atoms with van der Waals surface area (Å²) in [6.45, 7) is 5.07. The molecule has 148 valence electrons. The summed E-state index contributed by atoms with van der Waals surface area (Å²) >= 11 is 0. The first-order chi connectivity index (χ1) is 12.8. The summed E-state index contributed by atoms with van der Waals surface area (Å²) in [6.07, 6.45) is -4.22. The Morgan fingerprint density at radius 2 is 1.67 bits per heavy atom. The van der Waals surface area contributed by atoms with Gasteiger partial charge in [0.25, 0.3) is 0 Å². The minimum atomic E-state index is -4.93. The molecule has 27 heavy (non-hydrogen) atoms. The lowest BCUT2D eigenvalue weighted by Crippen LogP contribution is -2.55. The van der Waals surface area contributed by atoms with Gasteiger partial charge < -0.3 is 9.80 Å². The third kappa shape index (κ3) is 4.61. The van der Waals surface area contributed by atoms with Crippen LogP contribution in [0.2, 0.25) is 0 Å². The van der Waals surface area contributed by atoms with Gasteiger partial charge in [0.2, 0.25) is 5.91 Å². The van der Waals surface area contributed by atoms with Crippen molar-refractivity contribution in [1.29, 1.82) is 0 Å². The summed E-state index contributed by atoms with van der Waals surface area (Å²) in [5.74, 6) is -2.27. The van der Waals surface area contributed by atoms with Gasteiger partial charge in [0.05, 0.1) is 0 Å². The van der Waals surface area contributed by atoms with E-state index in [4.69, 9.17) is 0 Å². The van der Waals surface area contributed by atoms with Crippen molar-refractivity contribution in [3.8, 4) is 0 Å². The fraction of sp³-hybridized carbons (Fsp3) is 0.579. The minimum Gasteiger partial charge on any atom is -0.338 e. The first-order valence-electron chi connectivity index (χ1n) is 9.20. The van der Waals surface area contributed by atoms with Crippen molar-refractivity contribution in [1.82, 2.24) is 14.7 Å². The quantitative estimate of drug-likeness (QED) is 0.804. The maximum Gasteiger partial charge on any atom is 0.471 e. The molecule has 2 fully saturated rings. The Hall–Kier alpha value is -2.09. The number of nitrogens with zero attached hydrogens (tertiary/aromatic N) is 3. The lowest BCUT2D eigenvalue weighted by molar-refractivity contribution is -0.187. The van der Waals surface area contributed by atoms with Gasteiger partial charge in [0, 0.05) is 39.3 Å². The number of benzene rings is 1. The van der Waals surface area contributed by atoms with Crippen molar-refractivity contribution >= 4 is 11.8 Å². The van der Waals surface area contributed by atoms with E-state index in [-0.39, 0.29) is 12.5 Å². The molecule has 0 aliphatic carbocycles. The number of carbonyl (C=O) groups excluding carboxylic acids is 2. The molecule has 0 bridgehead atoms. The zero-order chi connectivity index (χ0) is 19.6. The molecule has 3 rings (SSSR count). The van der Waals surface area contributed by atoms with Gasteiger partial charge in [0.15, 0.2) is 0 Å². The van der Waals surface area contributed by atoms with E-state index in [1.807, 2.05) is 6.92 Å². The lowest BCUT2D eigenvalue weighted by Gasteiger charge is -2.37. The predicted molar refractivity (Wildman–Crippen MR) is 93.8 cm³/mol. The van der Waals surface area contributed by atoms with E-state index in [0.717, 1.165) is 6.54 Å². The fourth-order valence-electron chi connectivity index (χ4n) is 3.72. The molecular formula is C19H24F3N3O2. The molecule has 2 heterocycles. The molecule has 5 nitrogen and oxygen atoms in total. The van der Waals surface area contributed by atoms with E-state index >= 15 is 0 Å². The Balaban J connectivity index is 1.55. The van der Waals surface area contributed by atoms with Crippen molar-refractivity contribution in [3.63, 3.8) is 0 Å². The van der Waals surface area contributed by atoms with E-state index < -0.39 is 18.1 Å². The molecule has 2 aliphatic heterocycles. The average Bonchev–Trinajstić information content (AvgIpc) is 3.12. The highest BCUT2D eigenvalue weighted by atomic mass is 19.4. The minimum absolute atomic E-state index is 0.0118. The smallest absolute Gasteiger partial charge is 0.338 e. The highest BCUT2D eigenvalue weighted by molar-refractivity contribution is 5.90. The Kier molecular flexibility index (Phi) is 5.74. The van der Waals surface area contributed by atoms with E-state index in [0.29, 0.717) is 43.9 Å². The van der Waals surface area contributed by atoms with Crippen molar-refractivity contribution in [2.75, 3.05) is 32.7 Å². The van der Waals surface area contributed by atoms with Crippen LogP contribution in [0.25, 0.3) is 0 Å². The molecule has 1 aromatic carbocycles. The third-order valence-electron chi connectivity index (χ3n) is 5.25. The van der Waals surface area contributed by atoms with Crippen LogP contribution in [0.15, 0.2) is 24.3 Å². The number of piperazine rings is 1. The number of halogens is 3. The summed E-state index contributed by atoms with van der Waals surface area (Å²) in [7, 11) is 0. The monoisotopic (exact) mass is 383 g/mol. The Morgan fingerprint density at radius 3 is 2.26 bits per heavy atom. The van der Waals surface area contributed by atoms with E-state index in [9.17, 15) is 22.8 Å². The van der Waals surface area contributed by atoms with Gasteiger partial charge >= 0.3 is 12.1 Å².